The van der Waals surface area contributed by atoms with Gasteiger partial charge in [-0.2, -0.15) is 0 Å². The Morgan fingerprint density at radius 3 is 2.81 bits per heavy atom. The molecule has 0 atom stereocenters. The van der Waals surface area contributed by atoms with E-state index in [2.05, 4.69) is 20.9 Å². The molecule has 1 aromatic heterocycles. The van der Waals surface area contributed by atoms with Gasteiger partial charge in [-0.3, -0.25) is 0 Å². The first-order valence-electron chi connectivity index (χ1n) is 4.54. The van der Waals surface area contributed by atoms with Crippen molar-refractivity contribution in [1.29, 1.82) is 0 Å². The molecule has 0 aliphatic heterocycles. The zero-order chi connectivity index (χ0) is 11.7. The highest BCUT2D eigenvalue weighted by molar-refractivity contribution is 9.10. The number of hydrogen-bond donors (Lipinski definition) is 1. The van der Waals surface area contributed by atoms with E-state index in [0.29, 0.717) is 0 Å². The molecule has 0 amide bonds. The van der Waals surface area contributed by atoms with Crippen LogP contribution in [-0.2, 0) is 0 Å². The number of aromatic nitrogens is 1. The normalized spacial score (nSPS) is 10.4. The number of thiazole rings is 1. The van der Waals surface area contributed by atoms with E-state index in [4.69, 9.17) is 5.11 Å². The maximum atomic E-state index is 10.8. The van der Waals surface area contributed by atoms with E-state index >= 15 is 0 Å². The van der Waals surface area contributed by atoms with Gasteiger partial charge in [-0.1, -0.05) is 28.1 Å². The Kier molecular flexibility index (Phi) is 3.07. The second kappa shape index (κ2) is 4.35. The fraction of sp³-hybridized carbons (Fsp3) is 0.0909. The van der Waals surface area contributed by atoms with Crippen molar-refractivity contribution in [2.45, 2.75) is 6.92 Å². The zero-order valence-electron chi connectivity index (χ0n) is 8.40. The Hall–Kier alpha value is -1.20. The Bertz CT molecular complexity index is 551. The Morgan fingerprint density at radius 1 is 1.50 bits per heavy atom. The fourth-order valence-electron chi connectivity index (χ4n) is 1.39. The lowest BCUT2D eigenvalue weighted by atomic mass is 10.1. The van der Waals surface area contributed by atoms with Crippen LogP contribution in [0.2, 0.25) is 0 Å². The van der Waals surface area contributed by atoms with E-state index < -0.39 is 5.97 Å². The topological polar surface area (TPSA) is 50.2 Å². The smallest absolute Gasteiger partial charge is 0.365 e. The first-order valence-corrected chi connectivity index (χ1v) is 6.15. The van der Waals surface area contributed by atoms with Crippen LogP contribution in [0, 0.1) is 6.92 Å². The molecule has 0 aliphatic rings. The van der Waals surface area contributed by atoms with Gasteiger partial charge in [-0.25, -0.2) is 9.78 Å². The molecule has 0 aliphatic carbocycles. The van der Waals surface area contributed by atoms with Gasteiger partial charge < -0.3 is 5.11 Å². The fourth-order valence-corrected chi connectivity index (χ4v) is 2.57. The molecule has 1 N–H and O–H groups in total. The first kappa shape index (κ1) is 11.3. The minimum Gasteiger partial charge on any atom is -0.476 e. The summed E-state index contributed by atoms with van der Waals surface area (Å²) in [4.78, 5) is 15.8. The van der Waals surface area contributed by atoms with Crippen LogP contribution >= 0.6 is 27.3 Å². The highest BCUT2D eigenvalue weighted by Crippen LogP contribution is 2.29. The van der Waals surface area contributed by atoms with Crippen molar-refractivity contribution < 1.29 is 9.90 Å². The van der Waals surface area contributed by atoms with Gasteiger partial charge in [-0.15, -0.1) is 11.3 Å². The predicted octanol–water partition coefficient (Wildman–Crippen LogP) is 3.58. The highest BCUT2D eigenvalue weighted by atomic mass is 79.9. The van der Waals surface area contributed by atoms with Gasteiger partial charge in [0.25, 0.3) is 0 Å². The van der Waals surface area contributed by atoms with Crippen molar-refractivity contribution in [3.63, 3.8) is 0 Å². The van der Waals surface area contributed by atoms with Crippen LogP contribution in [0.15, 0.2) is 28.7 Å². The maximum Gasteiger partial charge on any atom is 0.365 e. The average Bonchev–Trinajstić information content (AvgIpc) is 2.60. The van der Waals surface area contributed by atoms with Crippen molar-refractivity contribution >= 4 is 33.2 Å². The molecule has 0 fully saturated rings. The Labute approximate surface area is 105 Å². The second-order valence-corrected chi connectivity index (χ2v) is 5.36. The summed E-state index contributed by atoms with van der Waals surface area (Å²) >= 11 is 4.58. The third-order valence-corrected chi connectivity index (χ3v) is 3.53. The van der Waals surface area contributed by atoms with E-state index in [9.17, 15) is 4.79 Å². The van der Waals surface area contributed by atoms with E-state index in [1.807, 2.05) is 31.2 Å². The number of aromatic carboxylic acids is 1. The third-order valence-electron chi connectivity index (χ3n) is 2.08. The molecule has 2 aromatic rings. The van der Waals surface area contributed by atoms with Crippen molar-refractivity contribution in [2.75, 3.05) is 0 Å². The molecule has 2 rings (SSSR count). The van der Waals surface area contributed by atoms with Crippen molar-refractivity contribution in [3.8, 4) is 11.3 Å². The van der Waals surface area contributed by atoms with Crippen molar-refractivity contribution in [2.24, 2.45) is 0 Å². The number of aryl methyl sites for hydroxylation is 1. The standard InChI is InChI=1S/C11H8BrNO2S/c1-6-9(13-10(16-6)11(14)15)7-3-2-4-8(12)5-7/h2-5H,1H3,(H,14,15). The number of benzene rings is 1. The van der Waals surface area contributed by atoms with E-state index in [1.165, 1.54) is 11.3 Å². The molecule has 0 radical (unpaired) electrons. The molecule has 5 heteroatoms. The van der Waals surface area contributed by atoms with Crippen LogP contribution in [-0.4, -0.2) is 16.1 Å². The van der Waals surface area contributed by atoms with E-state index in [1.54, 1.807) is 0 Å². The molecule has 0 bridgehead atoms. The van der Waals surface area contributed by atoms with Crippen LogP contribution in [0.25, 0.3) is 11.3 Å². The summed E-state index contributed by atoms with van der Waals surface area (Å²) in [6.45, 7) is 1.88. The molecule has 0 saturated heterocycles. The molecule has 0 unspecified atom stereocenters. The molecule has 1 heterocycles. The SMILES string of the molecule is Cc1sc(C(=O)O)nc1-c1cccc(Br)c1. The van der Waals surface area contributed by atoms with Crippen LogP contribution in [0.3, 0.4) is 0 Å². The molecule has 16 heavy (non-hydrogen) atoms. The van der Waals surface area contributed by atoms with E-state index in [-0.39, 0.29) is 5.01 Å². The third kappa shape index (κ3) is 2.15. The number of nitrogens with zero attached hydrogens (tertiary/aromatic N) is 1. The number of carboxylic acid groups (broad SMARTS) is 1. The molecule has 1 aromatic carbocycles. The van der Waals surface area contributed by atoms with Crippen LogP contribution < -0.4 is 0 Å². The summed E-state index contributed by atoms with van der Waals surface area (Å²) in [6, 6.07) is 7.66. The molecule has 82 valence electrons. The Morgan fingerprint density at radius 2 is 2.25 bits per heavy atom. The zero-order valence-corrected chi connectivity index (χ0v) is 10.8. The number of hydrogen-bond acceptors (Lipinski definition) is 3. The summed E-state index contributed by atoms with van der Waals surface area (Å²) in [5.74, 6) is -0.977. The van der Waals surface area contributed by atoms with Crippen LogP contribution in [0.1, 0.15) is 14.7 Å². The van der Waals surface area contributed by atoms with Crippen molar-refractivity contribution in [3.05, 3.63) is 38.6 Å². The first-order chi connectivity index (χ1) is 7.58. The molecular weight excluding hydrogens is 290 g/mol. The highest BCUT2D eigenvalue weighted by Gasteiger charge is 2.14. The lowest BCUT2D eigenvalue weighted by Crippen LogP contribution is -1.94. The number of halogens is 1. The lowest BCUT2D eigenvalue weighted by molar-refractivity contribution is 0.0696. The summed E-state index contributed by atoms with van der Waals surface area (Å²) in [5, 5.41) is 8.99. The molecule has 3 nitrogen and oxygen atoms in total. The largest absolute Gasteiger partial charge is 0.476 e. The summed E-state index contributed by atoms with van der Waals surface area (Å²) in [5.41, 5.74) is 1.67. The monoisotopic (exact) mass is 297 g/mol. The number of carboxylic acids is 1. The van der Waals surface area contributed by atoms with E-state index in [0.717, 1.165) is 20.6 Å². The Balaban J connectivity index is 2.52. The van der Waals surface area contributed by atoms with Gasteiger partial charge in [0.05, 0.1) is 5.69 Å². The summed E-state index contributed by atoms with van der Waals surface area (Å²) in [7, 11) is 0. The van der Waals surface area contributed by atoms with Crippen LogP contribution in [0.5, 0.6) is 0 Å². The number of carbonyl (C=O) groups is 1. The second-order valence-electron chi connectivity index (χ2n) is 3.24. The molecule has 0 saturated carbocycles. The minimum atomic E-state index is -0.977. The van der Waals surface area contributed by atoms with Crippen molar-refractivity contribution in [1.82, 2.24) is 4.98 Å². The summed E-state index contributed by atoms with van der Waals surface area (Å²) < 4.78 is 0.953. The van der Waals surface area contributed by atoms with Crippen LogP contribution in [0.4, 0.5) is 0 Å². The summed E-state index contributed by atoms with van der Waals surface area (Å²) in [6.07, 6.45) is 0. The molecule has 0 spiro atoms. The maximum absolute atomic E-state index is 10.8. The number of rotatable bonds is 2. The molecular formula is C11H8BrNO2S. The van der Waals surface area contributed by atoms with Gasteiger partial charge in [0.15, 0.2) is 0 Å². The van der Waals surface area contributed by atoms with Gasteiger partial charge in [0.1, 0.15) is 0 Å². The van der Waals surface area contributed by atoms with Gasteiger partial charge in [0, 0.05) is 14.9 Å². The predicted molar refractivity (Wildman–Crippen MR) is 66.9 cm³/mol. The van der Waals surface area contributed by atoms with Gasteiger partial charge >= 0.3 is 5.97 Å². The quantitative estimate of drug-likeness (QED) is 0.922. The average molecular weight is 298 g/mol. The lowest BCUT2D eigenvalue weighted by Gasteiger charge is -1.98. The van der Waals surface area contributed by atoms with Gasteiger partial charge in [-0.05, 0) is 19.1 Å². The minimum absolute atomic E-state index is 0.132. The van der Waals surface area contributed by atoms with Gasteiger partial charge in [0.2, 0.25) is 5.01 Å².